The minimum absolute atomic E-state index is 0.0430. The van der Waals surface area contributed by atoms with Crippen LogP contribution >= 0.6 is 0 Å². The lowest BCUT2D eigenvalue weighted by Crippen LogP contribution is -2.42. The van der Waals surface area contributed by atoms with Crippen molar-refractivity contribution < 1.29 is 14.3 Å². The molecule has 0 aromatic rings. The van der Waals surface area contributed by atoms with Crippen molar-refractivity contribution in [1.29, 1.82) is 0 Å². The molecule has 3 N–H and O–H groups in total. The average Bonchev–Trinajstić information content (AvgIpc) is 3.32. The zero-order chi connectivity index (χ0) is 16.2. The summed E-state index contributed by atoms with van der Waals surface area (Å²) in [6.45, 7) is 9.59. The van der Waals surface area contributed by atoms with E-state index in [1.165, 1.54) is 0 Å². The van der Waals surface area contributed by atoms with Crippen LogP contribution in [0.2, 0.25) is 0 Å². The highest BCUT2D eigenvalue weighted by Gasteiger charge is 2.32. The van der Waals surface area contributed by atoms with Crippen molar-refractivity contribution in [3.8, 4) is 0 Å². The minimum Gasteiger partial charge on any atom is -0.450 e. The average molecular weight is 314 g/mol. The van der Waals surface area contributed by atoms with E-state index in [2.05, 4.69) is 20.9 Å². The summed E-state index contributed by atoms with van der Waals surface area (Å²) in [6, 6.07) is 0.0430. The molecular weight excluding hydrogens is 284 g/mol. The number of nitrogens with one attached hydrogen (secondary N) is 3. The molecule has 128 valence electrons. The van der Waals surface area contributed by atoms with Crippen molar-refractivity contribution in [2.24, 2.45) is 10.9 Å². The van der Waals surface area contributed by atoms with Crippen molar-refractivity contribution in [2.75, 3.05) is 39.5 Å². The van der Waals surface area contributed by atoms with Gasteiger partial charge in [0.05, 0.1) is 25.8 Å². The Morgan fingerprint density at radius 2 is 2.00 bits per heavy atom. The molecule has 0 saturated heterocycles. The van der Waals surface area contributed by atoms with Crippen LogP contribution in [0.3, 0.4) is 0 Å². The number of amides is 1. The lowest BCUT2D eigenvalue weighted by Gasteiger charge is -2.17. The van der Waals surface area contributed by atoms with Crippen LogP contribution in [-0.4, -0.2) is 57.5 Å². The summed E-state index contributed by atoms with van der Waals surface area (Å²) in [5.41, 5.74) is 0. The maximum atomic E-state index is 11.6. The summed E-state index contributed by atoms with van der Waals surface area (Å²) in [5.74, 6) is 1.26. The topological polar surface area (TPSA) is 84.0 Å². The van der Waals surface area contributed by atoms with Gasteiger partial charge in [-0.25, -0.2) is 4.79 Å². The predicted molar refractivity (Wildman–Crippen MR) is 87.1 cm³/mol. The maximum absolute atomic E-state index is 11.6. The maximum Gasteiger partial charge on any atom is 0.407 e. The van der Waals surface area contributed by atoms with E-state index in [1.54, 1.807) is 6.92 Å². The lowest BCUT2D eigenvalue weighted by atomic mass is 10.2. The first-order valence-electron chi connectivity index (χ1n) is 8.24. The molecule has 0 aromatic heterocycles. The second-order valence-electron chi connectivity index (χ2n) is 5.15. The summed E-state index contributed by atoms with van der Waals surface area (Å²) in [6.07, 6.45) is 1.92. The highest BCUT2D eigenvalue weighted by Crippen LogP contribution is 2.32. The van der Waals surface area contributed by atoms with Crippen LogP contribution < -0.4 is 16.0 Å². The van der Waals surface area contributed by atoms with Crippen molar-refractivity contribution >= 4 is 12.1 Å². The number of rotatable bonds is 10. The third-order valence-corrected chi connectivity index (χ3v) is 3.30. The van der Waals surface area contributed by atoms with Gasteiger partial charge in [0.2, 0.25) is 0 Å². The first-order chi connectivity index (χ1) is 10.7. The monoisotopic (exact) mass is 314 g/mol. The molecule has 0 heterocycles. The standard InChI is InChI=1S/C15H30N4O3/c1-4-16-14(17-9-10-21-5-2)18-11-13(12-7-8-12)19-15(20)22-6-3/h12-13H,4-11H2,1-3H3,(H,19,20)(H2,16,17,18). The smallest absolute Gasteiger partial charge is 0.407 e. The van der Waals surface area contributed by atoms with Crippen molar-refractivity contribution in [1.82, 2.24) is 16.0 Å². The van der Waals surface area contributed by atoms with Gasteiger partial charge in [0.25, 0.3) is 0 Å². The first-order valence-corrected chi connectivity index (χ1v) is 8.24. The van der Waals surface area contributed by atoms with Gasteiger partial charge in [-0.2, -0.15) is 0 Å². The molecule has 0 aromatic carbocycles. The van der Waals surface area contributed by atoms with Gasteiger partial charge in [-0.1, -0.05) is 0 Å². The molecule has 1 atom stereocenters. The Morgan fingerprint density at radius 3 is 2.59 bits per heavy atom. The minimum atomic E-state index is -0.357. The number of nitrogens with zero attached hydrogens (tertiary/aromatic N) is 1. The summed E-state index contributed by atoms with van der Waals surface area (Å²) in [5, 5.41) is 9.32. The van der Waals surface area contributed by atoms with Gasteiger partial charge < -0.3 is 25.4 Å². The number of carbonyl (C=O) groups is 1. The fourth-order valence-corrected chi connectivity index (χ4v) is 2.05. The first kappa shape index (κ1) is 18.5. The quantitative estimate of drug-likeness (QED) is 0.319. The molecular formula is C15H30N4O3. The molecule has 22 heavy (non-hydrogen) atoms. The Morgan fingerprint density at radius 1 is 1.23 bits per heavy atom. The summed E-state index contributed by atoms with van der Waals surface area (Å²) in [4.78, 5) is 16.1. The van der Waals surface area contributed by atoms with Gasteiger partial charge in [-0.15, -0.1) is 0 Å². The van der Waals surface area contributed by atoms with Crippen LogP contribution in [0.15, 0.2) is 4.99 Å². The van der Waals surface area contributed by atoms with E-state index in [-0.39, 0.29) is 12.1 Å². The van der Waals surface area contributed by atoms with Crippen LogP contribution in [0.5, 0.6) is 0 Å². The molecule has 1 fully saturated rings. The van der Waals surface area contributed by atoms with Crippen molar-refractivity contribution in [3.05, 3.63) is 0 Å². The molecule has 7 heteroatoms. The summed E-state index contributed by atoms with van der Waals surface area (Å²) in [7, 11) is 0. The van der Waals surface area contributed by atoms with Crippen LogP contribution in [0.4, 0.5) is 4.79 Å². The van der Waals surface area contributed by atoms with Gasteiger partial charge in [-0.05, 0) is 39.5 Å². The second-order valence-corrected chi connectivity index (χ2v) is 5.15. The van der Waals surface area contributed by atoms with E-state index in [1.807, 2.05) is 13.8 Å². The fraction of sp³-hybridized carbons (Fsp3) is 0.867. The zero-order valence-electron chi connectivity index (χ0n) is 14.0. The van der Waals surface area contributed by atoms with E-state index in [9.17, 15) is 4.79 Å². The van der Waals surface area contributed by atoms with Gasteiger partial charge >= 0.3 is 6.09 Å². The van der Waals surface area contributed by atoms with Gasteiger partial charge in [-0.3, -0.25) is 4.99 Å². The van der Waals surface area contributed by atoms with Gasteiger partial charge in [0.15, 0.2) is 5.96 Å². The van der Waals surface area contributed by atoms with Crippen molar-refractivity contribution in [3.63, 3.8) is 0 Å². The summed E-state index contributed by atoms with van der Waals surface area (Å²) >= 11 is 0. The number of hydrogen-bond donors (Lipinski definition) is 3. The lowest BCUT2D eigenvalue weighted by molar-refractivity contribution is 0.147. The molecule has 1 aliphatic rings. The van der Waals surface area contributed by atoms with E-state index >= 15 is 0 Å². The second kappa shape index (κ2) is 11.1. The Balaban J connectivity index is 2.43. The largest absolute Gasteiger partial charge is 0.450 e. The number of carbonyl (C=O) groups excluding carboxylic acids is 1. The van der Waals surface area contributed by atoms with Gasteiger partial charge in [0.1, 0.15) is 0 Å². The molecule has 1 unspecified atom stereocenters. The Hall–Kier alpha value is -1.50. The highest BCUT2D eigenvalue weighted by atomic mass is 16.5. The van der Waals surface area contributed by atoms with Crippen molar-refractivity contribution in [2.45, 2.75) is 39.7 Å². The fourth-order valence-electron chi connectivity index (χ4n) is 2.05. The van der Waals surface area contributed by atoms with Crippen LogP contribution in [-0.2, 0) is 9.47 Å². The van der Waals surface area contributed by atoms with Crippen LogP contribution in [0, 0.1) is 5.92 Å². The van der Waals surface area contributed by atoms with E-state index in [4.69, 9.17) is 9.47 Å². The summed E-state index contributed by atoms with van der Waals surface area (Å²) < 4.78 is 10.2. The SMILES string of the molecule is CCNC(=NCC(NC(=O)OCC)C1CC1)NCCOCC. The van der Waals surface area contributed by atoms with E-state index < -0.39 is 0 Å². The molecule has 7 nitrogen and oxygen atoms in total. The number of ether oxygens (including phenoxy) is 2. The van der Waals surface area contributed by atoms with E-state index in [0.29, 0.717) is 38.8 Å². The number of alkyl carbamates (subject to hydrolysis) is 1. The molecule has 0 aliphatic heterocycles. The van der Waals surface area contributed by atoms with E-state index in [0.717, 1.165) is 25.3 Å². The predicted octanol–water partition coefficient (Wildman–Crippen LogP) is 1.10. The molecule has 1 amide bonds. The number of guanidine groups is 1. The van der Waals surface area contributed by atoms with Gasteiger partial charge in [0, 0.05) is 19.7 Å². The molecule has 1 rings (SSSR count). The molecule has 0 spiro atoms. The Kier molecular flexibility index (Phi) is 9.37. The third kappa shape index (κ3) is 8.07. The normalized spacial score (nSPS) is 16.0. The molecule has 1 aliphatic carbocycles. The number of aliphatic imine (C=N–C) groups is 1. The Labute approximate surface area is 133 Å². The Bertz CT molecular complexity index is 346. The number of hydrogen-bond acceptors (Lipinski definition) is 4. The van der Waals surface area contributed by atoms with Crippen LogP contribution in [0.25, 0.3) is 0 Å². The molecule has 0 radical (unpaired) electrons. The molecule has 0 bridgehead atoms. The zero-order valence-corrected chi connectivity index (χ0v) is 14.0. The highest BCUT2D eigenvalue weighted by molar-refractivity contribution is 5.79. The molecule has 1 saturated carbocycles. The van der Waals surface area contributed by atoms with Crippen LogP contribution in [0.1, 0.15) is 33.6 Å². The third-order valence-electron chi connectivity index (χ3n) is 3.30.